The normalized spacial score (nSPS) is 11.6. The molecule has 0 saturated carbocycles. The van der Waals surface area contributed by atoms with Crippen LogP contribution in [0.1, 0.15) is 39.2 Å². The molecule has 0 fully saturated rings. The fraction of sp³-hybridized carbons (Fsp3) is 0.444. The number of rotatable bonds is 5. The van der Waals surface area contributed by atoms with Gasteiger partial charge in [-0.25, -0.2) is 9.98 Å². The predicted octanol–water partition coefficient (Wildman–Crippen LogP) is 3.34. The maximum atomic E-state index is 9.86. The van der Waals surface area contributed by atoms with Crippen molar-refractivity contribution < 1.29 is 5.11 Å². The van der Waals surface area contributed by atoms with Crippen molar-refractivity contribution in [2.75, 3.05) is 6.54 Å². The molecule has 24 heavy (non-hydrogen) atoms. The predicted molar refractivity (Wildman–Crippen MR) is 101 cm³/mol. The summed E-state index contributed by atoms with van der Waals surface area (Å²) in [5, 5.41) is 17.5. The number of aromatic hydroxyl groups is 1. The van der Waals surface area contributed by atoms with Crippen molar-refractivity contribution in [3.05, 3.63) is 44.4 Å². The Morgan fingerprint density at radius 2 is 1.83 bits per heavy atom. The number of aromatic nitrogens is 1. The van der Waals surface area contributed by atoms with Gasteiger partial charge in [0.25, 0.3) is 0 Å². The zero-order valence-corrected chi connectivity index (χ0v) is 15.8. The van der Waals surface area contributed by atoms with Gasteiger partial charge in [-0.15, -0.1) is 11.3 Å². The number of phenolic OH excluding ortho intramolecular Hbond substituents is 1. The Kier molecular flexibility index (Phi) is 6.20. The highest BCUT2D eigenvalue weighted by atomic mass is 32.1. The van der Waals surface area contributed by atoms with Crippen molar-refractivity contribution in [2.24, 2.45) is 4.99 Å². The summed E-state index contributed by atoms with van der Waals surface area (Å²) in [5.74, 6) is 1.13. The van der Waals surface area contributed by atoms with Gasteiger partial charge in [0.05, 0.1) is 18.8 Å². The van der Waals surface area contributed by atoms with Gasteiger partial charge in [-0.1, -0.05) is 12.1 Å². The quantitative estimate of drug-likeness (QED) is 0.574. The Bertz CT molecular complexity index is 694. The van der Waals surface area contributed by atoms with E-state index in [1.54, 1.807) is 11.3 Å². The zero-order valence-electron chi connectivity index (χ0n) is 15.0. The molecule has 0 atom stereocenters. The lowest BCUT2D eigenvalue weighted by Crippen LogP contribution is -2.36. The Morgan fingerprint density at radius 3 is 2.38 bits per heavy atom. The lowest BCUT2D eigenvalue weighted by molar-refractivity contribution is 0.466. The molecule has 3 N–H and O–H groups in total. The molecule has 2 rings (SSSR count). The minimum atomic E-state index is 0.363. The topological polar surface area (TPSA) is 69.5 Å². The van der Waals surface area contributed by atoms with E-state index in [9.17, 15) is 5.11 Å². The monoisotopic (exact) mass is 346 g/mol. The molecule has 1 heterocycles. The molecular weight excluding hydrogens is 320 g/mol. The standard InChI is InChI=1S/C18H26N4OS/c1-6-19-18(21-10-16-22-13(4)14(5)24-16)20-9-15-7-11(2)17(23)12(3)8-15/h7-8,23H,6,9-10H2,1-5H3,(H2,19,20,21). The molecule has 0 amide bonds. The van der Waals surface area contributed by atoms with E-state index in [-0.39, 0.29) is 0 Å². The van der Waals surface area contributed by atoms with Gasteiger partial charge in [0.1, 0.15) is 10.8 Å². The number of nitrogens with zero attached hydrogens (tertiary/aromatic N) is 2. The molecule has 2 aromatic rings. The first-order chi connectivity index (χ1) is 11.4. The molecule has 1 aromatic heterocycles. The number of hydrogen-bond acceptors (Lipinski definition) is 4. The van der Waals surface area contributed by atoms with Crippen LogP contribution in [0.5, 0.6) is 5.75 Å². The molecule has 0 aliphatic heterocycles. The van der Waals surface area contributed by atoms with Crippen LogP contribution in [-0.4, -0.2) is 22.6 Å². The van der Waals surface area contributed by atoms with Crippen LogP contribution in [-0.2, 0) is 13.1 Å². The maximum Gasteiger partial charge on any atom is 0.191 e. The first-order valence-electron chi connectivity index (χ1n) is 8.14. The van der Waals surface area contributed by atoms with Crippen molar-refractivity contribution in [3.63, 3.8) is 0 Å². The molecule has 6 heteroatoms. The van der Waals surface area contributed by atoms with E-state index in [2.05, 4.69) is 27.5 Å². The molecule has 0 saturated heterocycles. The minimum Gasteiger partial charge on any atom is -0.507 e. The summed E-state index contributed by atoms with van der Waals surface area (Å²) < 4.78 is 0. The lowest BCUT2D eigenvalue weighted by atomic mass is 10.1. The van der Waals surface area contributed by atoms with Gasteiger partial charge in [-0.3, -0.25) is 0 Å². The third kappa shape index (κ3) is 4.71. The van der Waals surface area contributed by atoms with Crippen LogP contribution >= 0.6 is 11.3 Å². The largest absolute Gasteiger partial charge is 0.507 e. The summed E-state index contributed by atoms with van der Waals surface area (Å²) in [6, 6.07) is 3.95. The van der Waals surface area contributed by atoms with Gasteiger partial charge in [0.15, 0.2) is 5.96 Å². The maximum absolute atomic E-state index is 9.86. The van der Waals surface area contributed by atoms with E-state index in [1.165, 1.54) is 4.88 Å². The van der Waals surface area contributed by atoms with Gasteiger partial charge in [0, 0.05) is 11.4 Å². The molecule has 1 aromatic carbocycles. The highest BCUT2D eigenvalue weighted by Gasteiger charge is 2.06. The van der Waals surface area contributed by atoms with Crippen LogP contribution in [0.2, 0.25) is 0 Å². The second kappa shape index (κ2) is 8.15. The number of aliphatic imine (C=N–C) groups is 1. The first-order valence-corrected chi connectivity index (χ1v) is 8.96. The number of nitrogens with one attached hydrogen (secondary N) is 2. The smallest absolute Gasteiger partial charge is 0.191 e. The SMILES string of the molecule is CCNC(=NCc1cc(C)c(O)c(C)c1)NCc1nc(C)c(C)s1. The summed E-state index contributed by atoms with van der Waals surface area (Å²) in [5.41, 5.74) is 3.94. The highest BCUT2D eigenvalue weighted by Crippen LogP contribution is 2.23. The molecule has 0 bridgehead atoms. The summed E-state index contributed by atoms with van der Waals surface area (Å²) in [6.45, 7) is 12.0. The average Bonchev–Trinajstić information content (AvgIpc) is 2.86. The number of thiazole rings is 1. The number of aryl methyl sites for hydroxylation is 4. The van der Waals surface area contributed by atoms with Crippen LogP contribution in [0.25, 0.3) is 0 Å². The van der Waals surface area contributed by atoms with E-state index < -0.39 is 0 Å². The molecule has 5 nitrogen and oxygen atoms in total. The lowest BCUT2D eigenvalue weighted by Gasteiger charge is -2.11. The number of guanidine groups is 1. The molecule has 0 spiro atoms. The van der Waals surface area contributed by atoms with Crippen molar-refractivity contribution in [3.8, 4) is 5.75 Å². The number of hydrogen-bond donors (Lipinski definition) is 3. The van der Waals surface area contributed by atoms with Crippen molar-refractivity contribution in [1.82, 2.24) is 15.6 Å². The second-order valence-corrected chi connectivity index (χ2v) is 7.16. The average molecular weight is 347 g/mol. The van der Waals surface area contributed by atoms with E-state index in [1.807, 2.05) is 39.8 Å². The van der Waals surface area contributed by atoms with Crippen molar-refractivity contribution in [1.29, 1.82) is 0 Å². The van der Waals surface area contributed by atoms with E-state index in [0.717, 1.165) is 39.9 Å². The van der Waals surface area contributed by atoms with E-state index in [0.29, 0.717) is 18.8 Å². The summed E-state index contributed by atoms with van der Waals surface area (Å²) in [4.78, 5) is 10.4. The van der Waals surface area contributed by atoms with Crippen LogP contribution in [0.3, 0.4) is 0 Å². The zero-order chi connectivity index (χ0) is 17.7. The number of benzene rings is 1. The number of phenols is 1. The Balaban J connectivity index is 2.05. The molecule has 130 valence electrons. The van der Waals surface area contributed by atoms with Gasteiger partial charge in [0.2, 0.25) is 0 Å². The highest BCUT2D eigenvalue weighted by molar-refractivity contribution is 7.11. The summed E-state index contributed by atoms with van der Waals surface area (Å²) in [7, 11) is 0. The summed E-state index contributed by atoms with van der Waals surface area (Å²) in [6.07, 6.45) is 0. The van der Waals surface area contributed by atoms with Gasteiger partial charge in [-0.2, -0.15) is 0 Å². The Labute approximate surface area is 147 Å². The third-order valence-electron chi connectivity index (χ3n) is 3.79. The van der Waals surface area contributed by atoms with Gasteiger partial charge >= 0.3 is 0 Å². The molecule has 0 aliphatic rings. The van der Waals surface area contributed by atoms with Crippen molar-refractivity contribution >= 4 is 17.3 Å². The molecular formula is C18H26N4OS. The Morgan fingerprint density at radius 1 is 1.17 bits per heavy atom. The van der Waals surface area contributed by atoms with Crippen LogP contribution in [0, 0.1) is 27.7 Å². The van der Waals surface area contributed by atoms with E-state index >= 15 is 0 Å². The molecule has 0 radical (unpaired) electrons. The Hall–Kier alpha value is -2.08. The van der Waals surface area contributed by atoms with Gasteiger partial charge in [-0.05, 0) is 51.3 Å². The first kappa shape index (κ1) is 18.3. The summed E-state index contributed by atoms with van der Waals surface area (Å²) >= 11 is 1.71. The van der Waals surface area contributed by atoms with E-state index in [4.69, 9.17) is 0 Å². The van der Waals surface area contributed by atoms with Crippen LogP contribution < -0.4 is 10.6 Å². The van der Waals surface area contributed by atoms with Crippen LogP contribution in [0.4, 0.5) is 0 Å². The second-order valence-electron chi connectivity index (χ2n) is 5.88. The van der Waals surface area contributed by atoms with Crippen molar-refractivity contribution in [2.45, 2.75) is 47.7 Å². The van der Waals surface area contributed by atoms with Gasteiger partial charge < -0.3 is 15.7 Å². The fourth-order valence-corrected chi connectivity index (χ4v) is 3.30. The fourth-order valence-electron chi connectivity index (χ4n) is 2.42. The molecule has 0 unspecified atom stereocenters. The minimum absolute atomic E-state index is 0.363. The van der Waals surface area contributed by atoms with Crippen LogP contribution in [0.15, 0.2) is 17.1 Å². The molecule has 0 aliphatic carbocycles. The third-order valence-corrected chi connectivity index (χ3v) is 4.87.